The second-order valence-corrected chi connectivity index (χ2v) is 19.3. The summed E-state index contributed by atoms with van der Waals surface area (Å²) in [6.07, 6.45) is 0. The fourth-order valence-corrected chi connectivity index (χ4v) is 5.58. The van der Waals surface area contributed by atoms with Crippen molar-refractivity contribution in [2.24, 2.45) is 0 Å². The Bertz CT molecular complexity index is 2210. The van der Waals surface area contributed by atoms with E-state index in [1.165, 1.54) is 0 Å². The SMILES string of the molecule is C=C(C)C(=O)OCCOCCOCCOCCOC.C=C(C)C(=O)OCCOCCOCCOCCOCCO.C=C(C)C(=O)OCCOCCOCCOCCOCCOC.C=C(C)C(=O)OCCOCCOCCOc1ccccc1.C=C(C)C(=O)OCc1ccccc1. The summed E-state index contributed by atoms with van der Waals surface area (Å²) in [6.45, 7) is 40.5. The first kappa shape index (κ1) is 93.8. The number of carbonyl (C=O) groups excluding carboxylic acids is 5. The van der Waals surface area contributed by atoms with E-state index in [0.717, 1.165) is 11.3 Å². The molecule has 0 aliphatic rings. The van der Waals surface area contributed by atoms with E-state index in [0.29, 0.717) is 226 Å². The van der Waals surface area contributed by atoms with E-state index in [9.17, 15) is 24.0 Å². The van der Waals surface area contributed by atoms with Crippen molar-refractivity contribution < 1.29 is 129 Å². The lowest BCUT2D eigenvalue weighted by atomic mass is 10.2. The molecule has 2 rings (SSSR count). The molecule has 0 spiro atoms. The second kappa shape index (κ2) is 74.4. The van der Waals surface area contributed by atoms with Gasteiger partial charge in [0, 0.05) is 42.1 Å². The Kier molecular flexibility index (Phi) is 72.8. The molecule has 1 N–H and O–H groups in total. The minimum Gasteiger partial charge on any atom is -0.491 e. The first-order valence-electron chi connectivity index (χ1n) is 31.4. The molecule has 0 heterocycles. The number of aliphatic hydroxyl groups excluding tert-OH is 1. The molecule has 27 heteroatoms. The Morgan fingerprint density at radius 3 is 0.729 bits per heavy atom. The van der Waals surface area contributed by atoms with Gasteiger partial charge in [-0.15, -0.1) is 0 Å². The molecule has 0 unspecified atom stereocenters. The zero-order chi connectivity index (χ0) is 71.6. The zero-order valence-corrected chi connectivity index (χ0v) is 58.1. The number of benzene rings is 2. The molecule has 0 fully saturated rings. The molecule has 0 saturated carbocycles. The number of hydrogen-bond donors (Lipinski definition) is 1. The summed E-state index contributed by atoms with van der Waals surface area (Å²) in [5, 5.41) is 8.47. The fourth-order valence-electron chi connectivity index (χ4n) is 5.58. The summed E-state index contributed by atoms with van der Waals surface area (Å²) in [7, 11) is 3.26. The maximum Gasteiger partial charge on any atom is 0.333 e. The number of hydrogen-bond acceptors (Lipinski definition) is 27. The van der Waals surface area contributed by atoms with Gasteiger partial charge in [-0.05, 0) is 52.3 Å². The van der Waals surface area contributed by atoms with Crippen LogP contribution in [0.2, 0.25) is 0 Å². The van der Waals surface area contributed by atoms with Gasteiger partial charge in [-0.1, -0.05) is 81.4 Å². The molecule has 0 atom stereocenters. The normalized spacial score (nSPS) is 10.3. The van der Waals surface area contributed by atoms with Gasteiger partial charge in [0.25, 0.3) is 0 Å². The van der Waals surface area contributed by atoms with E-state index in [4.69, 9.17) is 105 Å². The van der Waals surface area contributed by atoms with Crippen LogP contribution in [0, 0.1) is 0 Å². The van der Waals surface area contributed by atoms with Crippen LogP contribution in [0.15, 0.2) is 121 Å². The standard InChI is InChI=1S/C16H22O5.C15H28O7.C14H26O7.C13H24O6.C11H12O2/c1-14(2)16(17)21-13-11-19-9-8-18-10-12-20-15-6-4-3-5-7-15;1-14(2)15(16)22-13-12-21-11-10-20-9-8-19-7-6-18-5-4-17-3;1-13(2)14(16)21-12-11-20-10-9-19-8-7-18-6-5-17-4-3-15;1-12(2)13(14)19-11-10-18-9-8-17-7-6-16-5-4-15-3;1-9(2)11(12)13-8-10-6-4-3-5-7-10/h3-7H,1,8-13H2,2H3;1,4-13H2,2-3H3;15H,1,3-12H2,2H3;1,4-11H2,2-3H3;3-7H,1,8H2,2H3. The first-order chi connectivity index (χ1) is 46.4. The summed E-state index contributed by atoms with van der Waals surface area (Å²) >= 11 is 0. The van der Waals surface area contributed by atoms with Gasteiger partial charge in [0.2, 0.25) is 0 Å². The quantitative estimate of drug-likeness (QED) is 0.0328. The number of rotatable bonds is 58. The van der Waals surface area contributed by atoms with Crippen molar-refractivity contribution in [1.29, 1.82) is 0 Å². The molecular weight excluding hydrogens is 1260 g/mol. The number of para-hydroxylation sites is 1. The Hall–Kier alpha value is -6.35. The minimum atomic E-state index is -0.407. The summed E-state index contributed by atoms with van der Waals surface area (Å²) in [4.78, 5) is 55.1. The number of ether oxygens (including phenoxy) is 21. The van der Waals surface area contributed by atoms with Gasteiger partial charge < -0.3 is 105 Å². The molecule has 0 aromatic heterocycles. The Balaban J connectivity index is -0.00000114. The van der Waals surface area contributed by atoms with Crippen LogP contribution in [0.3, 0.4) is 0 Å². The fraction of sp³-hybridized carbons (Fsp3) is 0.609. The molecule has 0 aliphatic heterocycles. The molecule has 0 aliphatic carbocycles. The molecule has 0 radical (unpaired) electrons. The summed E-state index contributed by atoms with van der Waals surface area (Å²) in [6, 6.07) is 19.1. The van der Waals surface area contributed by atoms with Gasteiger partial charge in [0.15, 0.2) is 0 Å². The van der Waals surface area contributed by atoms with Gasteiger partial charge in [0.1, 0.15) is 45.4 Å². The lowest BCUT2D eigenvalue weighted by Gasteiger charge is -2.08. The van der Waals surface area contributed by atoms with Crippen LogP contribution in [0.25, 0.3) is 0 Å². The Morgan fingerprint density at radius 1 is 0.281 bits per heavy atom. The van der Waals surface area contributed by atoms with Crippen molar-refractivity contribution in [3.63, 3.8) is 0 Å². The third-order valence-electron chi connectivity index (χ3n) is 10.5. The van der Waals surface area contributed by atoms with Crippen LogP contribution in [0.4, 0.5) is 0 Å². The second-order valence-electron chi connectivity index (χ2n) is 19.3. The predicted molar refractivity (Wildman–Crippen MR) is 358 cm³/mol. The molecule has 2 aromatic rings. The third kappa shape index (κ3) is 73.5. The molecule has 0 amide bonds. The minimum absolute atomic E-state index is 0.0233. The van der Waals surface area contributed by atoms with Gasteiger partial charge in [-0.25, -0.2) is 24.0 Å². The van der Waals surface area contributed by atoms with Crippen LogP contribution < -0.4 is 4.74 Å². The van der Waals surface area contributed by atoms with E-state index in [1.807, 2.05) is 60.7 Å². The number of methoxy groups -OCH3 is 2. The number of aliphatic hydroxyl groups is 1. The van der Waals surface area contributed by atoms with E-state index in [1.54, 1.807) is 48.8 Å². The largest absolute Gasteiger partial charge is 0.491 e. The van der Waals surface area contributed by atoms with Gasteiger partial charge in [-0.2, -0.15) is 0 Å². The lowest BCUT2D eigenvalue weighted by Crippen LogP contribution is -2.15. The smallest absolute Gasteiger partial charge is 0.333 e. The molecular formula is C69H112O27. The highest BCUT2D eigenvalue weighted by atomic mass is 16.6. The predicted octanol–water partition coefficient (Wildman–Crippen LogP) is 6.31. The van der Waals surface area contributed by atoms with Gasteiger partial charge in [0.05, 0.1) is 192 Å². The number of carbonyl (C=O) groups is 5. The average Bonchev–Trinajstić information content (AvgIpc) is 3.76. The Labute approximate surface area is 569 Å². The lowest BCUT2D eigenvalue weighted by molar-refractivity contribution is -0.141. The van der Waals surface area contributed by atoms with Crippen LogP contribution in [-0.2, 0) is 125 Å². The topological polar surface area (TPSA) is 299 Å². The average molecular weight is 1370 g/mol. The van der Waals surface area contributed by atoms with Crippen molar-refractivity contribution in [2.45, 2.75) is 41.2 Å². The van der Waals surface area contributed by atoms with Crippen molar-refractivity contribution in [3.8, 4) is 5.75 Å². The monoisotopic (exact) mass is 1370 g/mol. The van der Waals surface area contributed by atoms with Crippen molar-refractivity contribution in [3.05, 3.63) is 127 Å². The highest BCUT2D eigenvalue weighted by molar-refractivity contribution is 5.88. The molecule has 0 saturated heterocycles. The highest BCUT2D eigenvalue weighted by Crippen LogP contribution is 2.08. The zero-order valence-electron chi connectivity index (χ0n) is 58.1. The molecule has 550 valence electrons. The van der Waals surface area contributed by atoms with Crippen molar-refractivity contribution >= 4 is 29.8 Å². The molecule has 96 heavy (non-hydrogen) atoms. The van der Waals surface area contributed by atoms with Crippen LogP contribution in [0.1, 0.15) is 40.2 Å². The van der Waals surface area contributed by atoms with Gasteiger partial charge in [-0.3, -0.25) is 0 Å². The van der Waals surface area contributed by atoms with Gasteiger partial charge >= 0.3 is 29.8 Å². The molecule has 0 bridgehead atoms. The van der Waals surface area contributed by atoms with E-state index < -0.39 is 23.9 Å². The third-order valence-corrected chi connectivity index (χ3v) is 10.5. The van der Waals surface area contributed by atoms with Crippen molar-refractivity contribution in [1.82, 2.24) is 0 Å². The highest BCUT2D eigenvalue weighted by Gasteiger charge is 2.07. The van der Waals surface area contributed by atoms with Crippen LogP contribution >= 0.6 is 0 Å². The van der Waals surface area contributed by atoms with E-state index in [2.05, 4.69) is 32.9 Å². The summed E-state index contributed by atoms with van der Waals surface area (Å²) in [5.74, 6) is -1.11. The first-order valence-corrected chi connectivity index (χ1v) is 31.4. The summed E-state index contributed by atoms with van der Waals surface area (Å²) < 4.78 is 108. The van der Waals surface area contributed by atoms with Crippen LogP contribution in [-0.4, -0.2) is 274 Å². The number of esters is 5. The van der Waals surface area contributed by atoms with Crippen molar-refractivity contribution in [2.75, 3.05) is 239 Å². The maximum absolute atomic E-state index is 11.1. The summed E-state index contributed by atoms with van der Waals surface area (Å²) in [5.41, 5.74) is 2.94. The molecule has 27 nitrogen and oxygen atoms in total. The maximum atomic E-state index is 11.1. The molecule has 2 aromatic carbocycles. The van der Waals surface area contributed by atoms with E-state index >= 15 is 0 Å². The Morgan fingerprint density at radius 2 is 0.490 bits per heavy atom. The van der Waals surface area contributed by atoms with Crippen LogP contribution in [0.5, 0.6) is 5.75 Å². The van der Waals surface area contributed by atoms with E-state index in [-0.39, 0.29) is 39.0 Å².